The molecule has 8 nitrogen and oxygen atoms in total. The van der Waals surface area contributed by atoms with Crippen molar-refractivity contribution < 1.29 is 19.8 Å². The fourth-order valence-electron chi connectivity index (χ4n) is 4.27. The van der Waals surface area contributed by atoms with Gasteiger partial charge < -0.3 is 10.2 Å². The Morgan fingerprint density at radius 3 is 1.84 bits per heavy atom. The molecule has 2 heterocycles. The Morgan fingerprint density at radius 2 is 1.29 bits per heavy atom. The van der Waals surface area contributed by atoms with E-state index in [-0.39, 0.29) is 13.1 Å². The summed E-state index contributed by atoms with van der Waals surface area (Å²) in [5.74, 6) is -1.66. The number of pyridine rings is 1. The first kappa shape index (κ1) is 23.1. The summed E-state index contributed by atoms with van der Waals surface area (Å²) in [6.45, 7) is 5.20. The van der Waals surface area contributed by atoms with Crippen LogP contribution in [-0.2, 0) is 16.1 Å². The molecule has 1 aliphatic heterocycles. The minimum atomic E-state index is -0.828. The number of carbonyl (C=O) groups is 2. The van der Waals surface area contributed by atoms with E-state index in [1.165, 1.54) is 5.39 Å². The Labute approximate surface area is 183 Å². The maximum Gasteiger partial charge on any atom is 0.317 e. The molecule has 0 amide bonds. The van der Waals surface area contributed by atoms with Crippen LogP contribution in [0.25, 0.3) is 10.8 Å². The van der Waals surface area contributed by atoms with Gasteiger partial charge in [0.2, 0.25) is 0 Å². The van der Waals surface area contributed by atoms with Gasteiger partial charge in [0.25, 0.3) is 0 Å². The van der Waals surface area contributed by atoms with Crippen molar-refractivity contribution in [2.24, 2.45) is 0 Å². The Hall–Kier alpha value is -2.55. The van der Waals surface area contributed by atoms with Crippen molar-refractivity contribution in [2.75, 3.05) is 52.4 Å². The molecule has 2 N–H and O–H groups in total. The van der Waals surface area contributed by atoms with Crippen molar-refractivity contribution >= 4 is 22.7 Å². The highest BCUT2D eigenvalue weighted by Gasteiger charge is 2.16. The second-order valence-corrected chi connectivity index (χ2v) is 8.16. The predicted octanol–water partition coefficient (Wildman–Crippen LogP) is 1.99. The lowest BCUT2D eigenvalue weighted by atomic mass is 10.1. The maximum atomic E-state index is 11.2. The average molecular weight is 429 g/mol. The summed E-state index contributed by atoms with van der Waals surface area (Å²) < 4.78 is 0. The normalized spacial score (nSPS) is 18.3. The van der Waals surface area contributed by atoms with E-state index in [1.54, 1.807) is 0 Å². The zero-order valence-electron chi connectivity index (χ0n) is 17.9. The summed E-state index contributed by atoms with van der Waals surface area (Å²) in [5, 5.41) is 20.8. The molecule has 1 aliphatic rings. The molecule has 0 saturated carbocycles. The molecule has 3 rings (SSSR count). The monoisotopic (exact) mass is 428 g/mol. The number of nitrogens with zero attached hydrogens (tertiary/aromatic N) is 4. The molecular weight excluding hydrogens is 396 g/mol. The zero-order chi connectivity index (χ0) is 22.1. The molecular formula is C23H32N4O4. The van der Waals surface area contributed by atoms with Crippen LogP contribution in [0.2, 0.25) is 0 Å². The smallest absolute Gasteiger partial charge is 0.317 e. The Bertz CT molecular complexity index is 840. The minimum absolute atomic E-state index is 0.0177. The summed E-state index contributed by atoms with van der Waals surface area (Å²) >= 11 is 0. The number of hydrogen-bond donors (Lipinski definition) is 2. The molecule has 8 heteroatoms. The highest BCUT2D eigenvalue weighted by Crippen LogP contribution is 2.18. The second-order valence-electron chi connectivity index (χ2n) is 8.16. The van der Waals surface area contributed by atoms with Gasteiger partial charge in [-0.2, -0.15) is 0 Å². The number of hydrogen-bond acceptors (Lipinski definition) is 6. The number of carboxylic acids is 2. The van der Waals surface area contributed by atoms with Gasteiger partial charge in [-0.25, -0.2) is 0 Å². The van der Waals surface area contributed by atoms with Crippen molar-refractivity contribution in [3.05, 3.63) is 42.2 Å². The number of benzene rings is 1. The van der Waals surface area contributed by atoms with E-state index >= 15 is 0 Å². The summed E-state index contributed by atoms with van der Waals surface area (Å²) in [6.07, 6.45) is 4.38. The Kier molecular flexibility index (Phi) is 8.75. The van der Waals surface area contributed by atoms with Gasteiger partial charge in [-0.1, -0.05) is 24.3 Å². The molecule has 0 bridgehead atoms. The van der Waals surface area contributed by atoms with Crippen LogP contribution in [0.5, 0.6) is 0 Å². The van der Waals surface area contributed by atoms with Crippen LogP contribution in [0, 0.1) is 0 Å². The van der Waals surface area contributed by atoms with E-state index in [2.05, 4.69) is 22.0 Å². The van der Waals surface area contributed by atoms with Crippen molar-refractivity contribution in [2.45, 2.75) is 25.8 Å². The topological polar surface area (TPSA) is 97.2 Å². The molecule has 0 atom stereocenters. The van der Waals surface area contributed by atoms with E-state index < -0.39 is 11.9 Å². The summed E-state index contributed by atoms with van der Waals surface area (Å²) in [6, 6.07) is 10.2. The van der Waals surface area contributed by atoms with Gasteiger partial charge in [0.15, 0.2) is 0 Å². The lowest BCUT2D eigenvalue weighted by Gasteiger charge is -2.29. The molecule has 1 fully saturated rings. The standard InChI is InChI=1S/C23H32N4O4/c28-22(29)17-26-12-3-10-25(11-4-13-27(15-5-14-26)18-23(30)31)16-21-20-7-2-1-6-19(20)8-9-24-21/h1-2,6-9H,3-5,10-18H2,(H,28,29)(H,30,31). The van der Waals surface area contributed by atoms with Crippen LogP contribution < -0.4 is 0 Å². The minimum Gasteiger partial charge on any atom is -0.480 e. The van der Waals surface area contributed by atoms with E-state index in [9.17, 15) is 19.8 Å². The SMILES string of the molecule is O=C(O)CN1CCCN(CC(=O)O)CCCN(Cc2nccc3ccccc23)CCC1. The third-order valence-electron chi connectivity index (χ3n) is 5.69. The molecule has 31 heavy (non-hydrogen) atoms. The quantitative estimate of drug-likeness (QED) is 0.721. The number of fused-ring (bicyclic) bond motifs is 1. The largest absolute Gasteiger partial charge is 0.480 e. The van der Waals surface area contributed by atoms with Crippen molar-refractivity contribution in [1.29, 1.82) is 0 Å². The first-order valence-electron chi connectivity index (χ1n) is 10.9. The van der Waals surface area contributed by atoms with Gasteiger partial charge in [0.1, 0.15) is 0 Å². The lowest BCUT2D eigenvalue weighted by molar-refractivity contribution is -0.139. The summed E-state index contributed by atoms with van der Waals surface area (Å²) in [4.78, 5) is 33.4. The lowest BCUT2D eigenvalue weighted by Crippen LogP contribution is -2.39. The molecule has 0 spiro atoms. The van der Waals surface area contributed by atoms with Gasteiger partial charge in [0, 0.05) is 18.1 Å². The van der Waals surface area contributed by atoms with E-state index in [4.69, 9.17) is 0 Å². The highest BCUT2D eigenvalue weighted by molar-refractivity contribution is 5.84. The molecule has 0 aliphatic carbocycles. The Balaban J connectivity index is 1.71. The fourth-order valence-corrected chi connectivity index (χ4v) is 4.27. The number of aliphatic carboxylic acids is 2. The van der Waals surface area contributed by atoms with Crippen molar-refractivity contribution in [3.8, 4) is 0 Å². The van der Waals surface area contributed by atoms with Crippen LogP contribution in [-0.4, -0.2) is 94.2 Å². The highest BCUT2D eigenvalue weighted by atomic mass is 16.4. The van der Waals surface area contributed by atoms with Gasteiger partial charge in [-0.05, 0) is 70.0 Å². The second kappa shape index (κ2) is 11.7. The molecule has 2 aromatic rings. The molecule has 1 aromatic heterocycles. The van der Waals surface area contributed by atoms with E-state index in [1.807, 2.05) is 34.2 Å². The van der Waals surface area contributed by atoms with Crippen LogP contribution in [0.15, 0.2) is 36.5 Å². The summed E-state index contributed by atoms with van der Waals surface area (Å²) in [7, 11) is 0. The van der Waals surface area contributed by atoms with E-state index in [0.717, 1.165) is 50.0 Å². The molecule has 1 saturated heterocycles. The van der Waals surface area contributed by atoms with Gasteiger partial charge >= 0.3 is 11.9 Å². The van der Waals surface area contributed by atoms with Gasteiger partial charge in [-0.15, -0.1) is 0 Å². The number of rotatable bonds is 6. The fraction of sp³-hybridized carbons (Fsp3) is 0.522. The van der Waals surface area contributed by atoms with Crippen LogP contribution in [0.4, 0.5) is 0 Å². The van der Waals surface area contributed by atoms with Crippen LogP contribution >= 0.6 is 0 Å². The third kappa shape index (κ3) is 7.57. The van der Waals surface area contributed by atoms with Crippen LogP contribution in [0.1, 0.15) is 25.0 Å². The van der Waals surface area contributed by atoms with Gasteiger partial charge in [0.05, 0.1) is 18.8 Å². The van der Waals surface area contributed by atoms with Crippen molar-refractivity contribution in [3.63, 3.8) is 0 Å². The zero-order valence-corrected chi connectivity index (χ0v) is 17.9. The first-order valence-corrected chi connectivity index (χ1v) is 10.9. The summed E-state index contributed by atoms with van der Waals surface area (Å²) in [5.41, 5.74) is 1.04. The molecule has 168 valence electrons. The number of carboxylic acid groups (broad SMARTS) is 2. The predicted molar refractivity (Wildman–Crippen MR) is 119 cm³/mol. The maximum absolute atomic E-state index is 11.2. The first-order chi connectivity index (χ1) is 15.0. The third-order valence-corrected chi connectivity index (χ3v) is 5.69. The van der Waals surface area contributed by atoms with E-state index in [0.29, 0.717) is 26.2 Å². The molecule has 1 aromatic carbocycles. The average Bonchev–Trinajstić information content (AvgIpc) is 2.71. The number of aromatic nitrogens is 1. The van der Waals surface area contributed by atoms with Gasteiger partial charge in [-0.3, -0.25) is 29.3 Å². The molecule has 0 unspecified atom stereocenters. The van der Waals surface area contributed by atoms with Crippen LogP contribution in [0.3, 0.4) is 0 Å². The molecule has 0 radical (unpaired) electrons. The van der Waals surface area contributed by atoms with Crippen molar-refractivity contribution in [1.82, 2.24) is 19.7 Å². The Morgan fingerprint density at radius 1 is 0.774 bits per heavy atom.